The van der Waals surface area contributed by atoms with Crippen LogP contribution in [0.3, 0.4) is 0 Å². The van der Waals surface area contributed by atoms with E-state index in [1.54, 1.807) is 111 Å². The second-order valence-electron chi connectivity index (χ2n) is 18.7. The van der Waals surface area contributed by atoms with Gasteiger partial charge in [-0.05, 0) is 55.4 Å². The molecule has 68 heavy (non-hydrogen) atoms. The number of rotatable bonds is 28. The second-order valence-corrected chi connectivity index (χ2v) is 18.7. The fourth-order valence-electron chi connectivity index (χ4n) is 5.98. The van der Waals surface area contributed by atoms with Crippen LogP contribution < -0.4 is 0 Å². The summed E-state index contributed by atoms with van der Waals surface area (Å²) >= 11 is 0. The van der Waals surface area contributed by atoms with Gasteiger partial charge in [0.1, 0.15) is 24.4 Å². The van der Waals surface area contributed by atoms with E-state index in [1.807, 2.05) is 0 Å². The molecule has 0 saturated carbocycles. The molecule has 4 N–H and O–H groups in total. The van der Waals surface area contributed by atoms with Crippen molar-refractivity contribution in [3.63, 3.8) is 0 Å². The molecule has 0 radical (unpaired) electrons. The van der Waals surface area contributed by atoms with Gasteiger partial charge in [-0.15, -0.1) is 0 Å². The van der Waals surface area contributed by atoms with Gasteiger partial charge in [0.2, 0.25) is 0 Å². The molecule has 0 heterocycles. The average molecular weight is 973 g/mol. The summed E-state index contributed by atoms with van der Waals surface area (Å²) in [4.78, 5) is 103. The summed E-state index contributed by atoms with van der Waals surface area (Å²) in [6, 6.07) is 0. The largest absolute Gasteiger partial charge is 0.462 e. The van der Waals surface area contributed by atoms with Crippen LogP contribution in [0.15, 0.2) is 24.3 Å². The Balaban J connectivity index is 0. The highest BCUT2D eigenvalue weighted by Gasteiger charge is 2.40. The molecule has 0 aromatic carbocycles. The van der Waals surface area contributed by atoms with Crippen LogP contribution in [-0.4, -0.2) is 191 Å². The zero-order valence-corrected chi connectivity index (χ0v) is 43.6. The van der Waals surface area contributed by atoms with Crippen LogP contribution in [0.1, 0.15) is 111 Å². The molecular formula is C48H84N4O16. The number of esters is 4. The van der Waals surface area contributed by atoms with Gasteiger partial charge in [-0.3, -0.25) is 19.2 Å². The van der Waals surface area contributed by atoms with Crippen molar-refractivity contribution < 1.29 is 77.7 Å². The van der Waals surface area contributed by atoms with Gasteiger partial charge in [-0.25, -0.2) is 19.2 Å². The zero-order valence-electron chi connectivity index (χ0n) is 43.6. The van der Waals surface area contributed by atoms with Crippen molar-refractivity contribution in [3.8, 4) is 0 Å². The van der Waals surface area contributed by atoms with Crippen LogP contribution in [-0.2, 0) is 57.3 Å². The van der Waals surface area contributed by atoms with Gasteiger partial charge in [0.25, 0.3) is 23.6 Å². The maximum atomic E-state index is 12.3. The Hall–Kier alpha value is -4.92. The van der Waals surface area contributed by atoms with Gasteiger partial charge in [-0.1, -0.05) is 55.4 Å². The van der Waals surface area contributed by atoms with E-state index < -0.39 is 93.6 Å². The van der Waals surface area contributed by atoms with E-state index in [0.717, 1.165) is 24.3 Å². The number of nitrogens with zero attached hydrogens (tertiary/aromatic N) is 4. The van der Waals surface area contributed by atoms with Gasteiger partial charge < -0.3 is 59.0 Å². The lowest BCUT2D eigenvalue weighted by atomic mass is 9.86. The molecule has 4 amide bonds. The number of aliphatic hydroxyl groups is 4. The van der Waals surface area contributed by atoms with Gasteiger partial charge in [-0.2, -0.15) is 0 Å². The van der Waals surface area contributed by atoms with Gasteiger partial charge in [0, 0.05) is 98.3 Å². The minimum Gasteiger partial charge on any atom is -0.462 e. The summed E-state index contributed by atoms with van der Waals surface area (Å²) in [5, 5.41) is 41.5. The Morgan fingerprint density at radius 1 is 0.338 bits per heavy atom. The van der Waals surface area contributed by atoms with Crippen molar-refractivity contribution in [1.29, 1.82) is 0 Å². The number of likely N-dealkylation sites (N-methyl/N-ethyl adjacent to an activating group) is 4. The lowest BCUT2D eigenvalue weighted by molar-refractivity contribution is -0.155. The summed E-state index contributed by atoms with van der Waals surface area (Å²) in [6.07, 6.45) is -1.93. The van der Waals surface area contributed by atoms with E-state index in [1.165, 1.54) is 19.6 Å². The van der Waals surface area contributed by atoms with E-state index >= 15 is 0 Å². The van der Waals surface area contributed by atoms with Crippen molar-refractivity contribution in [2.24, 2.45) is 21.7 Å². The number of ether oxygens (including phenoxy) is 4. The smallest absolute Gasteiger partial charge is 0.331 e. The highest BCUT2D eigenvalue weighted by molar-refractivity contribution is 5.92. The SMILES string of the molecule is CCN(CC)C(=O)[C@@H](O)C(C)(C)COC(=O)/C=C/C(=O)OCC(C)(C)[C@H](O)C(=O)N(CC)CC.CCN(CC)C(=O)[C@H](O)C(C)(C)COC(=O)/C=C/C(=O)OCC(C)(C)[C@@H](O)C(=O)N(CC)CC. The van der Waals surface area contributed by atoms with Crippen LogP contribution in [0, 0.1) is 21.7 Å². The number of hydrogen-bond donors (Lipinski definition) is 4. The minimum absolute atomic E-state index is 0.244. The summed E-state index contributed by atoms with van der Waals surface area (Å²) in [7, 11) is 0. The highest BCUT2D eigenvalue weighted by atomic mass is 16.5. The number of carbonyl (C=O) groups excluding carboxylic acids is 8. The molecule has 0 saturated heterocycles. The van der Waals surface area contributed by atoms with E-state index in [-0.39, 0.29) is 26.4 Å². The molecule has 0 aliphatic heterocycles. The topological polar surface area (TPSA) is 267 Å². The van der Waals surface area contributed by atoms with Crippen molar-refractivity contribution in [3.05, 3.63) is 24.3 Å². The summed E-state index contributed by atoms with van der Waals surface area (Å²) < 4.78 is 20.3. The Morgan fingerprint density at radius 2 is 0.471 bits per heavy atom. The van der Waals surface area contributed by atoms with Crippen LogP contribution in [0.25, 0.3) is 0 Å². The Labute approximate surface area is 403 Å². The van der Waals surface area contributed by atoms with Crippen molar-refractivity contribution in [2.75, 3.05) is 78.8 Å². The zero-order chi connectivity index (χ0) is 53.4. The molecule has 0 aliphatic carbocycles. The molecule has 0 unspecified atom stereocenters. The number of amides is 4. The lowest BCUT2D eigenvalue weighted by Gasteiger charge is -2.32. The van der Waals surface area contributed by atoms with E-state index in [9.17, 15) is 58.8 Å². The molecular weight excluding hydrogens is 889 g/mol. The number of carbonyl (C=O) groups is 8. The average Bonchev–Trinajstić information content (AvgIpc) is 3.30. The van der Waals surface area contributed by atoms with Gasteiger partial charge in [0.15, 0.2) is 0 Å². The third-order valence-corrected chi connectivity index (χ3v) is 11.3. The molecule has 4 atom stereocenters. The first-order valence-electron chi connectivity index (χ1n) is 23.3. The van der Waals surface area contributed by atoms with Crippen LogP contribution in [0.5, 0.6) is 0 Å². The third-order valence-electron chi connectivity index (χ3n) is 11.3. The third kappa shape index (κ3) is 21.6. The minimum atomic E-state index is -1.36. The van der Waals surface area contributed by atoms with Crippen molar-refractivity contribution in [1.82, 2.24) is 19.6 Å². The first-order chi connectivity index (χ1) is 31.4. The summed E-state index contributed by atoms with van der Waals surface area (Å²) in [5.74, 6) is -5.17. The molecule has 0 fully saturated rings. The lowest BCUT2D eigenvalue weighted by Crippen LogP contribution is -2.48. The van der Waals surface area contributed by atoms with Crippen molar-refractivity contribution in [2.45, 2.75) is 135 Å². The van der Waals surface area contributed by atoms with Crippen molar-refractivity contribution >= 4 is 47.5 Å². The predicted molar refractivity (Wildman–Crippen MR) is 253 cm³/mol. The quantitative estimate of drug-likeness (QED) is 0.0498. The summed E-state index contributed by atoms with van der Waals surface area (Å²) in [6.45, 7) is 29.8. The molecule has 0 aliphatic rings. The van der Waals surface area contributed by atoms with Crippen LogP contribution in [0.4, 0.5) is 0 Å². The van der Waals surface area contributed by atoms with Gasteiger partial charge >= 0.3 is 23.9 Å². The molecule has 0 rings (SSSR count). The first-order valence-corrected chi connectivity index (χ1v) is 23.3. The second kappa shape index (κ2) is 30.5. The highest BCUT2D eigenvalue weighted by Crippen LogP contribution is 2.26. The Bertz CT molecular complexity index is 1450. The fraction of sp³-hybridized carbons (Fsp3) is 0.750. The van der Waals surface area contributed by atoms with E-state index in [0.29, 0.717) is 52.4 Å². The standard InChI is InChI=1S/2C24H42N2O8/c2*1-9-25(10-2)21(31)19(29)23(5,6)15-33-17(27)13-14-18(28)34-16-24(7,8)20(30)22(32)26(11-3)12-4/h2*13-14,19-20,29-30H,9-12,15-16H2,1-8H3/b2*14-13+/t2*19-,20-/m10/s1. The maximum Gasteiger partial charge on any atom is 0.331 e. The molecule has 20 nitrogen and oxygen atoms in total. The molecule has 0 aromatic heterocycles. The Kier molecular flexibility index (Phi) is 29.3. The number of aliphatic hydroxyl groups excluding tert-OH is 4. The molecule has 0 spiro atoms. The molecule has 20 heteroatoms. The normalized spacial score (nSPS) is 13.8. The van der Waals surface area contributed by atoms with Crippen LogP contribution in [0.2, 0.25) is 0 Å². The van der Waals surface area contributed by atoms with Crippen LogP contribution >= 0.6 is 0 Å². The predicted octanol–water partition coefficient (Wildman–Crippen LogP) is 2.28. The first kappa shape index (κ1) is 65.2. The Morgan fingerprint density at radius 3 is 0.588 bits per heavy atom. The molecule has 0 aromatic rings. The van der Waals surface area contributed by atoms with E-state index in [2.05, 4.69) is 0 Å². The monoisotopic (exact) mass is 973 g/mol. The van der Waals surface area contributed by atoms with Gasteiger partial charge in [0.05, 0.1) is 26.4 Å². The van der Waals surface area contributed by atoms with E-state index in [4.69, 9.17) is 18.9 Å². The maximum absolute atomic E-state index is 12.3. The number of hydrogen-bond acceptors (Lipinski definition) is 16. The molecule has 0 bridgehead atoms. The summed E-state index contributed by atoms with van der Waals surface area (Å²) in [5.41, 5.74) is -4.16. The molecule has 392 valence electrons. The fourth-order valence-corrected chi connectivity index (χ4v) is 5.98.